The fourth-order valence-corrected chi connectivity index (χ4v) is 3.27. The summed E-state index contributed by atoms with van der Waals surface area (Å²) in [6.45, 7) is 0. The number of rotatable bonds is 0. The second kappa shape index (κ2) is 3.22. The Kier molecular flexibility index (Phi) is 2.38. The first-order valence-electron chi connectivity index (χ1n) is 3.23. The highest BCUT2D eigenvalue weighted by Gasteiger charge is 2.05. The summed E-state index contributed by atoms with van der Waals surface area (Å²) in [5, 5.41) is 3.80. The van der Waals surface area contributed by atoms with Gasteiger partial charge in [0.25, 0.3) is 0 Å². The lowest BCUT2D eigenvalue weighted by molar-refractivity contribution is 1.57. The quantitative estimate of drug-likeness (QED) is 0.669. The van der Waals surface area contributed by atoms with Crippen molar-refractivity contribution >= 4 is 61.6 Å². The Balaban J connectivity index is 2.92. The van der Waals surface area contributed by atoms with Crippen molar-refractivity contribution in [2.75, 3.05) is 0 Å². The average Bonchev–Trinajstić information content (AvgIpc) is 2.33. The predicted octanol–water partition coefficient (Wildman–Crippen LogP) is 4.61. The molecule has 0 nitrogen and oxygen atoms in total. The lowest BCUT2D eigenvalue weighted by Crippen LogP contribution is -1.69. The van der Waals surface area contributed by atoms with Crippen molar-refractivity contribution in [3.05, 3.63) is 27.0 Å². The van der Waals surface area contributed by atoms with Crippen LogP contribution in [0.25, 0.3) is 10.1 Å². The molecule has 0 aliphatic rings. The predicted molar refractivity (Wildman–Crippen MR) is 61.8 cm³/mol. The number of benzene rings is 1. The Morgan fingerprint density at radius 3 is 2.92 bits per heavy atom. The van der Waals surface area contributed by atoms with Gasteiger partial charge >= 0.3 is 0 Å². The van der Waals surface area contributed by atoms with Gasteiger partial charge in [0.2, 0.25) is 0 Å². The van der Waals surface area contributed by atoms with Crippen molar-refractivity contribution in [2.45, 2.75) is 4.90 Å². The van der Waals surface area contributed by atoms with Crippen LogP contribution in [-0.4, -0.2) is 0 Å². The van der Waals surface area contributed by atoms with Crippen molar-refractivity contribution in [2.24, 2.45) is 0 Å². The van der Waals surface area contributed by atoms with Gasteiger partial charge < -0.3 is 0 Å². The van der Waals surface area contributed by atoms with Gasteiger partial charge in [0.1, 0.15) is 0 Å². The minimum atomic E-state index is 0.798. The van der Waals surface area contributed by atoms with E-state index in [9.17, 15) is 0 Å². The zero-order valence-electron chi connectivity index (χ0n) is 5.84. The van der Waals surface area contributed by atoms with E-state index in [1.165, 1.54) is 0 Å². The lowest BCUT2D eigenvalue weighted by atomic mass is 10.3. The highest BCUT2D eigenvalue weighted by atomic mass is 79.9. The van der Waals surface area contributed by atoms with E-state index in [4.69, 9.17) is 11.6 Å². The molecular weight excluding hydrogens is 276 g/mol. The zero-order valence-corrected chi connectivity index (χ0v) is 9.90. The van der Waals surface area contributed by atoms with Crippen LogP contribution in [0.15, 0.2) is 26.9 Å². The normalized spacial score (nSPS) is 10.9. The Morgan fingerprint density at radius 1 is 1.42 bits per heavy atom. The number of fused-ring (bicyclic) bond motifs is 1. The van der Waals surface area contributed by atoms with E-state index in [0.29, 0.717) is 0 Å². The molecule has 0 saturated carbocycles. The van der Waals surface area contributed by atoms with Crippen molar-refractivity contribution in [3.63, 3.8) is 0 Å². The molecule has 1 heterocycles. The Morgan fingerprint density at radius 2 is 2.17 bits per heavy atom. The van der Waals surface area contributed by atoms with E-state index in [1.807, 2.05) is 17.5 Å². The zero-order chi connectivity index (χ0) is 8.72. The minimum Gasteiger partial charge on any atom is -0.142 e. The molecule has 62 valence electrons. The van der Waals surface area contributed by atoms with Crippen LogP contribution >= 0.6 is 51.5 Å². The van der Waals surface area contributed by atoms with E-state index >= 15 is 0 Å². The molecule has 0 aliphatic heterocycles. The molecule has 0 atom stereocenters. The monoisotopic (exact) mass is 278 g/mol. The number of hydrogen-bond acceptors (Lipinski definition) is 2. The third-order valence-electron chi connectivity index (χ3n) is 1.57. The molecule has 0 unspecified atom stereocenters. The average molecular weight is 280 g/mol. The van der Waals surface area contributed by atoms with Crippen LogP contribution in [0.5, 0.6) is 0 Å². The molecule has 2 aromatic rings. The Labute approximate surface area is 93.1 Å². The number of thiophene rings is 1. The van der Waals surface area contributed by atoms with Gasteiger partial charge in [-0.3, -0.25) is 0 Å². The minimum absolute atomic E-state index is 0.798. The number of halogens is 2. The Bertz CT molecular complexity index is 436. The molecule has 0 aliphatic carbocycles. The molecule has 2 rings (SSSR count). The summed E-state index contributed by atoms with van der Waals surface area (Å²) in [7, 11) is 0. The SMILES string of the molecule is Sc1cc(Br)cc2c(Cl)csc12. The maximum Gasteiger partial charge on any atom is 0.0592 e. The molecule has 0 N–H and O–H groups in total. The largest absolute Gasteiger partial charge is 0.142 e. The molecule has 0 radical (unpaired) electrons. The van der Waals surface area contributed by atoms with Crippen LogP contribution < -0.4 is 0 Å². The molecule has 0 saturated heterocycles. The van der Waals surface area contributed by atoms with Crippen molar-refractivity contribution in [3.8, 4) is 0 Å². The summed E-state index contributed by atoms with van der Waals surface area (Å²) in [6.07, 6.45) is 0. The summed E-state index contributed by atoms with van der Waals surface area (Å²) in [6, 6.07) is 3.98. The maximum atomic E-state index is 5.97. The summed E-state index contributed by atoms with van der Waals surface area (Å²) >= 11 is 15.3. The molecule has 4 heteroatoms. The topological polar surface area (TPSA) is 0 Å². The molecule has 0 spiro atoms. The van der Waals surface area contributed by atoms with Crippen LogP contribution in [0, 0.1) is 0 Å². The van der Waals surface area contributed by atoms with Crippen LogP contribution in [-0.2, 0) is 0 Å². The van der Waals surface area contributed by atoms with Crippen molar-refractivity contribution in [1.29, 1.82) is 0 Å². The summed E-state index contributed by atoms with van der Waals surface area (Å²) in [4.78, 5) is 0.969. The fourth-order valence-electron chi connectivity index (χ4n) is 1.05. The van der Waals surface area contributed by atoms with Gasteiger partial charge in [0, 0.05) is 24.8 Å². The van der Waals surface area contributed by atoms with Gasteiger partial charge in [-0.1, -0.05) is 27.5 Å². The van der Waals surface area contributed by atoms with Gasteiger partial charge in [0.15, 0.2) is 0 Å². The Hall–Kier alpha value is 0.300. The van der Waals surface area contributed by atoms with Crippen molar-refractivity contribution < 1.29 is 0 Å². The number of thiol groups is 1. The summed E-state index contributed by atoms with van der Waals surface area (Å²) in [5.41, 5.74) is 0. The molecule has 0 amide bonds. The van der Waals surface area contributed by atoms with E-state index < -0.39 is 0 Å². The lowest BCUT2D eigenvalue weighted by Gasteiger charge is -1.96. The van der Waals surface area contributed by atoms with E-state index in [-0.39, 0.29) is 0 Å². The standard InChI is InChI=1S/C8H4BrClS2/c9-4-1-5-6(10)3-12-8(5)7(11)2-4/h1-3,11H. The third kappa shape index (κ3) is 1.39. The van der Waals surface area contributed by atoms with E-state index in [0.717, 1.165) is 24.5 Å². The summed E-state index contributed by atoms with van der Waals surface area (Å²) < 4.78 is 2.16. The highest BCUT2D eigenvalue weighted by Crippen LogP contribution is 2.36. The van der Waals surface area contributed by atoms with E-state index in [2.05, 4.69) is 28.6 Å². The van der Waals surface area contributed by atoms with Crippen LogP contribution in [0.4, 0.5) is 0 Å². The van der Waals surface area contributed by atoms with Gasteiger partial charge in [-0.25, -0.2) is 0 Å². The van der Waals surface area contributed by atoms with Crippen LogP contribution in [0.2, 0.25) is 5.02 Å². The molecular formula is C8H4BrClS2. The smallest absolute Gasteiger partial charge is 0.0592 e. The van der Waals surface area contributed by atoms with Gasteiger partial charge in [-0.2, -0.15) is 0 Å². The molecule has 1 aromatic heterocycles. The van der Waals surface area contributed by atoms with Crippen molar-refractivity contribution in [1.82, 2.24) is 0 Å². The van der Waals surface area contributed by atoms with Gasteiger partial charge in [-0.05, 0) is 12.1 Å². The van der Waals surface area contributed by atoms with Gasteiger partial charge in [0.05, 0.1) is 5.02 Å². The van der Waals surface area contributed by atoms with Crippen LogP contribution in [0.3, 0.4) is 0 Å². The van der Waals surface area contributed by atoms with Crippen LogP contribution in [0.1, 0.15) is 0 Å². The molecule has 12 heavy (non-hydrogen) atoms. The van der Waals surface area contributed by atoms with E-state index in [1.54, 1.807) is 11.3 Å². The first-order chi connectivity index (χ1) is 5.68. The maximum absolute atomic E-state index is 5.97. The van der Waals surface area contributed by atoms with Gasteiger partial charge in [-0.15, -0.1) is 24.0 Å². The first kappa shape index (κ1) is 8.88. The first-order valence-corrected chi connectivity index (χ1v) is 5.73. The fraction of sp³-hybridized carbons (Fsp3) is 0. The molecule has 0 fully saturated rings. The summed E-state index contributed by atoms with van der Waals surface area (Å²) in [5.74, 6) is 0. The second-order valence-corrected chi connectivity index (χ2v) is 5.07. The molecule has 0 bridgehead atoms. The highest BCUT2D eigenvalue weighted by molar-refractivity contribution is 9.10. The molecule has 1 aromatic carbocycles. The second-order valence-electron chi connectivity index (χ2n) is 2.39. The third-order valence-corrected chi connectivity index (χ3v) is 4.00. The number of hydrogen-bond donors (Lipinski definition) is 1.